The molecule has 2 aromatic rings. The number of aryl methyl sites for hydroxylation is 1. The molecule has 10 nitrogen and oxygen atoms in total. The number of nitrogens with zero attached hydrogens (tertiary/aromatic N) is 6. The number of amides is 2. The van der Waals surface area contributed by atoms with E-state index in [0.717, 1.165) is 25.8 Å². The molecule has 5 rings (SSSR count). The number of likely N-dealkylation sites (tertiary alicyclic amines) is 1. The van der Waals surface area contributed by atoms with Gasteiger partial charge in [-0.05, 0) is 26.2 Å². The molecule has 0 radical (unpaired) electrons. The van der Waals surface area contributed by atoms with Crippen molar-refractivity contribution in [3.8, 4) is 0 Å². The number of imidazole rings is 1. The number of ether oxygens (including phenoxy) is 1. The molecule has 2 aromatic heterocycles. The van der Waals surface area contributed by atoms with Crippen LogP contribution in [0.1, 0.15) is 36.8 Å². The van der Waals surface area contributed by atoms with Crippen molar-refractivity contribution in [3.63, 3.8) is 0 Å². The second kappa shape index (κ2) is 7.82. The standard InChI is InChI=1S/C20H27N7O3/c1-2-27-17-15(24-18(27)20(29)25-7-9-30-10-8-25)16(21-12-22-17)23-14-5-6-26(11-14)19(28)13-3-4-13/h12-14H,2-11H2,1H3,(H,21,22,23). The highest BCUT2D eigenvalue weighted by Crippen LogP contribution is 2.32. The number of rotatable bonds is 5. The molecule has 160 valence electrons. The SMILES string of the molecule is CCn1c(C(=O)N2CCOCC2)nc2c(NC3CCN(C(=O)C4CC4)C3)ncnc21. The van der Waals surface area contributed by atoms with E-state index in [1.165, 1.54) is 6.33 Å². The first-order valence-electron chi connectivity index (χ1n) is 10.8. The lowest BCUT2D eigenvalue weighted by atomic mass is 10.2. The number of hydrogen-bond acceptors (Lipinski definition) is 7. The van der Waals surface area contributed by atoms with Gasteiger partial charge in [0.2, 0.25) is 11.7 Å². The Labute approximate surface area is 174 Å². The van der Waals surface area contributed by atoms with Crippen LogP contribution in [-0.2, 0) is 16.1 Å². The van der Waals surface area contributed by atoms with Crippen LogP contribution in [0.4, 0.5) is 5.82 Å². The maximum absolute atomic E-state index is 13.1. The number of fused-ring (bicyclic) bond motifs is 1. The van der Waals surface area contributed by atoms with Gasteiger partial charge in [-0.3, -0.25) is 9.59 Å². The third-order valence-electron chi connectivity index (χ3n) is 6.11. The molecule has 1 unspecified atom stereocenters. The van der Waals surface area contributed by atoms with E-state index in [1.807, 2.05) is 16.4 Å². The van der Waals surface area contributed by atoms with Crippen molar-refractivity contribution in [2.45, 2.75) is 38.8 Å². The van der Waals surface area contributed by atoms with Gasteiger partial charge in [0, 0.05) is 44.7 Å². The molecule has 30 heavy (non-hydrogen) atoms. The fourth-order valence-corrected chi connectivity index (χ4v) is 4.27. The summed E-state index contributed by atoms with van der Waals surface area (Å²) < 4.78 is 7.20. The van der Waals surface area contributed by atoms with E-state index in [-0.39, 0.29) is 23.8 Å². The highest BCUT2D eigenvalue weighted by molar-refractivity contribution is 5.96. The lowest BCUT2D eigenvalue weighted by molar-refractivity contribution is -0.131. The monoisotopic (exact) mass is 413 g/mol. The van der Waals surface area contributed by atoms with E-state index in [4.69, 9.17) is 4.74 Å². The van der Waals surface area contributed by atoms with Gasteiger partial charge in [-0.1, -0.05) is 0 Å². The molecule has 2 aliphatic heterocycles. The smallest absolute Gasteiger partial charge is 0.290 e. The largest absolute Gasteiger partial charge is 0.378 e. The molecular formula is C20H27N7O3. The molecule has 3 aliphatic rings. The van der Waals surface area contributed by atoms with Crippen LogP contribution in [0.3, 0.4) is 0 Å². The van der Waals surface area contributed by atoms with Crippen molar-refractivity contribution < 1.29 is 14.3 Å². The third kappa shape index (κ3) is 3.49. The Morgan fingerprint density at radius 2 is 1.93 bits per heavy atom. The zero-order valence-corrected chi connectivity index (χ0v) is 17.2. The molecule has 1 saturated carbocycles. The predicted molar refractivity (Wildman–Crippen MR) is 109 cm³/mol. The predicted octanol–water partition coefficient (Wildman–Crippen LogP) is 0.741. The topological polar surface area (TPSA) is 105 Å². The minimum absolute atomic E-state index is 0.105. The van der Waals surface area contributed by atoms with Gasteiger partial charge < -0.3 is 24.4 Å². The molecule has 3 fully saturated rings. The van der Waals surface area contributed by atoms with E-state index in [1.54, 1.807) is 4.90 Å². The van der Waals surface area contributed by atoms with Gasteiger partial charge in [-0.15, -0.1) is 0 Å². The lowest BCUT2D eigenvalue weighted by Gasteiger charge is -2.26. The summed E-state index contributed by atoms with van der Waals surface area (Å²) in [5.74, 6) is 1.42. The molecule has 1 N–H and O–H groups in total. The highest BCUT2D eigenvalue weighted by Gasteiger charge is 2.37. The van der Waals surface area contributed by atoms with Gasteiger partial charge >= 0.3 is 0 Å². The molecule has 1 atom stereocenters. The van der Waals surface area contributed by atoms with Gasteiger partial charge in [-0.2, -0.15) is 0 Å². The van der Waals surface area contributed by atoms with E-state index < -0.39 is 0 Å². The number of morpholine rings is 1. The van der Waals surface area contributed by atoms with Crippen LogP contribution >= 0.6 is 0 Å². The van der Waals surface area contributed by atoms with Crippen LogP contribution in [0.15, 0.2) is 6.33 Å². The summed E-state index contributed by atoms with van der Waals surface area (Å²) in [4.78, 5) is 42.6. The average Bonchev–Trinajstić information content (AvgIpc) is 3.41. The van der Waals surface area contributed by atoms with Crippen molar-refractivity contribution in [2.24, 2.45) is 5.92 Å². The molecular weight excluding hydrogens is 386 g/mol. The second-order valence-electron chi connectivity index (χ2n) is 8.17. The maximum atomic E-state index is 13.1. The molecule has 0 bridgehead atoms. The Kier molecular flexibility index (Phi) is 5.01. The second-order valence-corrected chi connectivity index (χ2v) is 8.17. The van der Waals surface area contributed by atoms with Crippen LogP contribution < -0.4 is 5.32 Å². The zero-order chi connectivity index (χ0) is 20.7. The van der Waals surface area contributed by atoms with Crippen LogP contribution in [0.5, 0.6) is 0 Å². The summed E-state index contributed by atoms with van der Waals surface area (Å²) in [6, 6.07) is 0.121. The Morgan fingerprint density at radius 1 is 1.13 bits per heavy atom. The number of hydrogen-bond donors (Lipinski definition) is 1. The normalized spacial score (nSPS) is 22.0. The van der Waals surface area contributed by atoms with Crippen molar-refractivity contribution in [2.75, 3.05) is 44.7 Å². The van der Waals surface area contributed by atoms with Crippen LogP contribution in [0, 0.1) is 5.92 Å². The number of aromatic nitrogens is 4. The van der Waals surface area contributed by atoms with Crippen molar-refractivity contribution >= 4 is 28.8 Å². The number of nitrogens with one attached hydrogen (secondary N) is 1. The van der Waals surface area contributed by atoms with Gasteiger partial charge in [0.05, 0.1) is 13.2 Å². The lowest BCUT2D eigenvalue weighted by Crippen LogP contribution is -2.41. The van der Waals surface area contributed by atoms with Gasteiger partial charge in [0.25, 0.3) is 5.91 Å². The summed E-state index contributed by atoms with van der Waals surface area (Å²) in [7, 11) is 0. The molecule has 4 heterocycles. The summed E-state index contributed by atoms with van der Waals surface area (Å²) in [6.07, 6.45) is 4.42. The molecule has 0 aromatic carbocycles. The van der Waals surface area contributed by atoms with Crippen molar-refractivity contribution in [1.82, 2.24) is 29.3 Å². The molecule has 2 saturated heterocycles. The van der Waals surface area contributed by atoms with Crippen LogP contribution in [0.25, 0.3) is 11.2 Å². The molecule has 0 spiro atoms. The molecule has 10 heteroatoms. The Hall–Kier alpha value is -2.75. The van der Waals surface area contributed by atoms with Gasteiger partial charge in [0.1, 0.15) is 6.33 Å². The minimum Gasteiger partial charge on any atom is -0.378 e. The third-order valence-corrected chi connectivity index (χ3v) is 6.11. The zero-order valence-electron chi connectivity index (χ0n) is 17.2. The summed E-state index contributed by atoms with van der Waals surface area (Å²) >= 11 is 0. The fraction of sp³-hybridized carbons (Fsp3) is 0.650. The highest BCUT2D eigenvalue weighted by atomic mass is 16.5. The quantitative estimate of drug-likeness (QED) is 0.771. The maximum Gasteiger partial charge on any atom is 0.290 e. The van der Waals surface area contributed by atoms with E-state index >= 15 is 0 Å². The van der Waals surface area contributed by atoms with Crippen LogP contribution in [-0.4, -0.2) is 86.6 Å². The van der Waals surface area contributed by atoms with Crippen molar-refractivity contribution in [1.29, 1.82) is 0 Å². The first kappa shape index (κ1) is 19.2. The number of anilines is 1. The average molecular weight is 413 g/mol. The fourth-order valence-electron chi connectivity index (χ4n) is 4.27. The van der Waals surface area contributed by atoms with E-state index in [0.29, 0.717) is 62.2 Å². The Balaban J connectivity index is 1.39. The van der Waals surface area contributed by atoms with Gasteiger partial charge in [-0.25, -0.2) is 15.0 Å². The van der Waals surface area contributed by atoms with Crippen molar-refractivity contribution in [3.05, 3.63) is 12.2 Å². The first-order chi connectivity index (χ1) is 14.7. The number of carbonyl (C=O) groups is 2. The molecule has 2 amide bonds. The van der Waals surface area contributed by atoms with E-state index in [9.17, 15) is 9.59 Å². The Bertz CT molecular complexity index is 965. The minimum atomic E-state index is -0.105. The Morgan fingerprint density at radius 3 is 2.67 bits per heavy atom. The summed E-state index contributed by atoms with van der Waals surface area (Å²) in [5, 5.41) is 3.45. The summed E-state index contributed by atoms with van der Waals surface area (Å²) in [6.45, 7) is 6.23. The number of carbonyl (C=O) groups excluding carboxylic acids is 2. The summed E-state index contributed by atoms with van der Waals surface area (Å²) in [5.41, 5.74) is 1.25. The molecule has 1 aliphatic carbocycles. The van der Waals surface area contributed by atoms with E-state index in [2.05, 4.69) is 20.3 Å². The first-order valence-corrected chi connectivity index (χ1v) is 10.8. The van der Waals surface area contributed by atoms with Crippen LogP contribution in [0.2, 0.25) is 0 Å². The van der Waals surface area contributed by atoms with Gasteiger partial charge in [0.15, 0.2) is 17.0 Å².